The summed E-state index contributed by atoms with van der Waals surface area (Å²) in [5.74, 6) is 0.889. The van der Waals surface area contributed by atoms with Gasteiger partial charge in [0.15, 0.2) is 5.84 Å². The molecule has 1 unspecified atom stereocenters. The fraction of sp³-hybridized carbons (Fsp3) is 0.909. The Bertz CT molecular complexity index is 202. The summed E-state index contributed by atoms with van der Waals surface area (Å²) in [6, 6.07) is 0.440. The Kier molecular flexibility index (Phi) is 6.32. The summed E-state index contributed by atoms with van der Waals surface area (Å²) in [7, 11) is 0. The summed E-state index contributed by atoms with van der Waals surface area (Å²) >= 11 is 0. The van der Waals surface area contributed by atoms with Crippen LogP contribution in [0.1, 0.15) is 41.0 Å². The van der Waals surface area contributed by atoms with Gasteiger partial charge in [0.25, 0.3) is 0 Å². The van der Waals surface area contributed by atoms with E-state index in [1.165, 1.54) is 0 Å². The lowest BCUT2D eigenvalue weighted by atomic mass is 10.1. The van der Waals surface area contributed by atoms with E-state index in [0.717, 1.165) is 13.0 Å². The quantitative estimate of drug-likeness (QED) is 0.308. The Morgan fingerprint density at radius 2 is 1.87 bits per heavy atom. The van der Waals surface area contributed by atoms with Gasteiger partial charge in [-0.2, -0.15) is 0 Å². The Labute approximate surface area is 93.1 Å². The molecule has 0 bridgehead atoms. The smallest absolute Gasteiger partial charge is 0.156 e. The molecule has 1 atom stereocenters. The maximum absolute atomic E-state index is 8.74. The van der Waals surface area contributed by atoms with Gasteiger partial charge in [0.2, 0.25) is 0 Å². The third-order valence-corrected chi connectivity index (χ3v) is 2.48. The SMILES string of the molecule is CCC(C(N)=NO)N(CC(C)C)C(C)C. The first-order chi connectivity index (χ1) is 6.93. The molecule has 0 heterocycles. The van der Waals surface area contributed by atoms with Gasteiger partial charge in [0.05, 0.1) is 6.04 Å². The maximum Gasteiger partial charge on any atom is 0.156 e. The van der Waals surface area contributed by atoms with E-state index in [4.69, 9.17) is 10.9 Å². The zero-order chi connectivity index (χ0) is 12.0. The minimum absolute atomic E-state index is 0.0393. The van der Waals surface area contributed by atoms with Crippen molar-refractivity contribution < 1.29 is 5.21 Å². The van der Waals surface area contributed by atoms with E-state index in [2.05, 4.69) is 44.7 Å². The summed E-state index contributed by atoms with van der Waals surface area (Å²) in [4.78, 5) is 2.28. The van der Waals surface area contributed by atoms with Crippen molar-refractivity contribution in [3.63, 3.8) is 0 Å². The van der Waals surface area contributed by atoms with Gasteiger partial charge in [-0.25, -0.2) is 0 Å². The van der Waals surface area contributed by atoms with E-state index in [1.807, 2.05) is 0 Å². The van der Waals surface area contributed by atoms with Crippen LogP contribution < -0.4 is 5.73 Å². The number of rotatable bonds is 6. The fourth-order valence-corrected chi connectivity index (χ4v) is 1.80. The molecule has 4 heteroatoms. The number of amidine groups is 1. The van der Waals surface area contributed by atoms with Gasteiger partial charge in [0.1, 0.15) is 0 Å². The van der Waals surface area contributed by atoms with Crippen molar-refractivity contribution in [2.45, 2.75) is 53.1 Å². The molecular weight excluding hydrogens is 190 g/mol. The lowest BCUT2D eigenvalue weighted by Gasteiger charge is -2.34. The van der Waals surface area contributed by atoms with Crippen LogP contribution in [-0.4, -0.2) is 34.6 Å². The van der Waals surface area contributed by atoms with Crippen molar-refractivity contribution >= 4 is 5.84 Å². The lowest BCUT2D eigenvalue weighted by molar-refractivity contribution is 0.163. The molecule has 0 spiro atoms. The molecule has 0 aliphatic carbocycles. The Balaban J connectivity index is 4.70. The van der Waals surface area contributed by atoms with E-state index < -0.39 is 0 Å². The normalized spacial score (nSPS) is 15.3. The second kappa shape index (κ2) is 6.67. The molecule has 0 saturated carbocycles. The fourth-order valence-electron chi connectivity index (χ4n) is 1.80. The molecule has 0 fully saturated rings. The highest BCUT2D eigenvalue weighted by atomic mass is 16.4. The van der Waals surface area contributed by atoms with Crippen LogP contribution in [0.5, 0.6) is 0 Å². The van der Waals surface area contributed by atoms with Crippen LogP contribution >= 0.6 is 0 Å². The lowest BCUT2D eigenvalue weighted by Crippen LogP contribution is -2.49. The number of hydrogen-bond acceptors (Lipinski definition) is 3. The largest absolute Gasteiger partial charge is 0.409 e. The first-order valence-electron chi connectivity index (χ1n) is 5.67. The summed E-state index contributed by atoms with van der Waals surface area (Å²) in [5, 5.41) is 11.9. The van der Waals surface area contributed by atoms with Crippen molar-refractivity contribution in [3.8, 4) is 0 Å². The van der Waals surface area contributed by atoms with E-state index in [0.29, 0.717) is 17.8 Å². The molecule has 0 aliphatic rings. The molecule has 15 heavy (non-hydrogen) atoms. The topological polar surface area (TPSA) is 61.9 Å². The van der Waals surface area contributed by atoms with Crippen molar-refractivity contribution in [3.05, 3.63) is 0 Å². The molecule has 0 radical (unpaired) electrons. The average molecular weight is 215 g/mol. The van der Waals surface area contributed by atoms with Gasteiger partial charge in [0, 0.05) is 12.6 Å². The highest BCUT2D eigenvalue weighted by Crippen LogP contribution is 2.12. The molecule has 4 nitrogen and oxygen atoms in total. The van der Waals surface area contributed by atoms with Crippen LogP contribution in [0.25, 0.3) is 0 Å². The van der Waals surface area contributed by atoms with Crippen molar-refractivity contribution in [1.29, 1.82) is 0 Å². The van der Waals surface area contributed by atoms with E-state index in [-0.39, 0.29) is 6.04 Å². The second-order valence-electron chi connectivity index (χ2n) is 4.63. The van der Waals surface area contributed by atoms with E-state index >= 15 is 0 Å². The van der Waals surface area contributed by atoms with Crippen LogP contribution in [0.2, 0.25) is 0 Å². The molecule has 0 rings (SSSR count). The van der Waals surface area contributed by atoms with Gasteiger partial charge in [-0.15, -0.1) is 0 Å². The number of nitrogens with zero attached hydrogens (tertiary/aromatic N) is 2. The number of nitrogens with two attached hydrogens (primary N) is 1. The zero-order valence-electron chi connectivity index (χ0n) is 10.6. The highest BCUT2D eigenvalue weighted by molar-refractivity contribution is 5.85. The minimum atomic E-state index is 0.0393. The van der Waals surface area contributed by atoms with E-state index in [9.17, 15) is 0 Å². The summed E-state index contributed by atoms with van der Waals surface area (Å²) in [6.45, 7) is 11.6. The molecule has 0 aromatic rings. The number of hydrogen-bond donors (Lipinski definition) is 2. The molecule has 0 amide bonds. The van der Waals surface area contributed by atoms with Crippen LogP contribution in [0.3, 0.4) is 0 Å². The molecule has 0 aromatic heterocycles. The first-order valence-corrected chi connectivity index (χ1v) is 5.67. The van der Waals surface area contributed by atoms with Gasteiger partial charge in [-0.05, 0) is 26.2 Å². The first kappa shape index (κ1) is 14.2. The second-order valence-corrected chi connectivity index (χ2v) is 4.63. The number of oxime groups is 1. The van der Waals surface area contributed by atoms with Crippen molar-refractivity contribution in [2.24, 2.45) is 16.8 Å². The standard InChI is InChI=1S/C11H25N3O/c1-6-10(11(12)13-15)14(9(4)5)7-8(2)3/h8-10,15H,6-7H2,1-5H3,(H2,12,13). The summed E-state index contributed by atoms with van der Waals surface area (Å²) in [5.41, 5.74) is 5.70. The van der Waals surface area contributed by atoms with Gasteiger partial charge < -0.3 is 10.9 Å². The molecule has 0 aromatic carbocycles. The van der Waals surface area contributed by atoms with Crippen molar-refractivity contribution in [1.82, 2.24) is 4.90 Å². The highest BCUT2D eigenvalue weighted by Gasteiger charge is 2.23. The molecular formula is C11H25N3O. The average Bonchev–Trinajstić information content (AvgIpc) is 2.16. The minimum Gasteiger partial charge on any atom is -0.409 e. The van der Waals surface area contributed by atoms with E-state index in [1.54, 1.807) is 0 Å². The monoisotopic (exact) mass is 215 g/mol. The third kappa shape index (κ3) is 4.51. The zero-order valence-corrected chi connectivity index (χ0v) is 10.6. The van der Waals surface area contributed by atoms with Crippen LogP contribution in [0.4, 0.5) is 0 Å². The van der Waals surface area contributed by atoms with Gasteiger partial charge >= 0.3 is 0 Å². The predicted octanol–water partition coefficient (Wildman–Crippen LogP) is 1.88. The summed E-state index contributed by atoms with van der Waals surface area (Å²) < 4.78 is 0. The molecule has 90 valence electrons. The Morgan fingerprint density at radius 1 is 1.33 bits per heavy atom. The summed E-state index contributed by atoms with van der Waals surface area (Å²) in [6.07, 6.45) is 0.862. The Hall–Kier alpha value is -0.770. The van der Waals surface area contributed by atoms with Crippen LogP contribution in [0, 0.1) is 5.92 Å². The van der Waals surface area contributed by atoms with Crippen molar-refractivity contribution in [2.75, 3.05) is 6.54 Å². The predicted molar refractivity (Wildman–Crippen MR) is 64.2 cm³/mol. The van der Waals surface area contributed by atoms with Crippen LogP contribution in [-0.2, 0) is 0 Å². The maximum atomic E-state index is 8.74. The molecule has 0 saturated heterocycles. The molecule has 0 aliphatic heterocycles. The Morgan fingerprint density at radius 3 is 2.13 bits per heavy atom. The van der Waals surface area contributed by atoms with Gasteiger partial charge in [-0.1, -0.05) is 25.9 Å². The third-order valence-electron chi connectivity index (χ3n) is 2.48. The molecule has 3 N–H and O–H groups in total. The van der Waals surface area contributed by atoms with Gasteiger partial charge in [-0.3, -0.25) is 4.90 Å². The van der Waals surface area contributed by atoms with Crippen LogP contribution in [0.15, 0.2) is 5.16 Å².